The molecule has 0 amide bonds. The maximum Gasteiger partial charge on any atom is 0.208 e. The van der Waals surface area contributed by atoms with Crippen molar-refractivity contribution in [2.45, 2.75) is 45.6 Å². The second-order valence-corrected chi connectivity index (χ2v) is 4.45. The number of nitrogens with one attached hydrogen (secondary N) is 1. The quantitative estimate of drug-likeness (QED) is 0.826. The fraction of sp³-hybridized carbons (Fsp3) is 0.571. The van der Waals surface area contributed by atoms with Gasteiger partial charge in [0.15, 0.2) is 0 Å². The maximum atomic E-state index is 13.1. The van der Waals surface area contributed by atoms with Gasteiger partial charge in [-0.3, -0.25) is 0 Å². The van der Waals surface area contributed by atoms with Crippen molar-refractivity contribution in [3.8, 4) is 0 Å². The van der Waals surface area contributed by atoms with Gasteiger partial charge in [-0.05, 0) is 26.0 Å². The van der Waals surface area contributed by atoms with Crippen molar-refractivity contribution in [3.05, 3.63) is 35.4 Å². The van der Waals surface area contributed by atoms with Gasteiger partial charge < -0.3 is 15.2 Å². The van der Waals surface area contributed by atoms with E-state index in [0.29, 0.717) is 0 Å². The molecule has 1 saturated heterocycles. The number of benzene rings is 1. The molecule has 1 fully saturated rings. The fourth-order valence-corrected chi connectivity index (χ4v) is 2.06. The lowest BCUT2D eigenvalue weighted by Crippen LogP contribution is -2.58. The monoisotopic (exact) mass is 273 g/mol. The normalized spacial score (nSPS) is 30.5. The van der Waals surface area contributed by atoms with E-state index in [2.05, 4.69) is 5.32 Å². The largest absolute Gasteiger partial charge is 0.361 e. The van der Waals surface area contributed by atoms with E-state index in [4.69, 9.17) is 4.74 Å². The Labute approximate surface area is 112 Å². The predicted molar refractivity (Wildman–Crippen MR) is 69.6 cm³/mol. The average Bonchev–Trinajstić information content (AvgIpc) is 2.36. The molecule has 1 aliphatic heterocycles. The zero-order chi connectivity index (χ0) is 14.6. The van der Waals surface area contributed by atoms with Gasteiger partial charge in [0.25, 0.3) is 0 Å². The molecule has 19 heavy (non-hydrogen) atoms. The average molecular weight is 273 g/mol. The van der Waals surface area contributed by atoms with E-state index >= 15 is 0 Å². The summed E-state index contributed by atoms with van der Waals surface area (Å²) in [7, 11) is 0. The Morgan fingerprint density at radius 3 is 2.21 bits per heavy atom. The summed E-state index contributed by atoms with van der Waals surface area (Å²) in [5, 5.41) is 13.4. The molecule has 0 radical (unpaired) electrons. The molecular weight excluding hydrogens is 252 g/mol. The first-order valence-corrected chi connectivity index (χ1v) is 6.51. The standard InChI is InChI=1S/C12H15F2NO2.C2H6/c1-7-6-17-12(16,8(2)15-7)9-3-10(13)5-11(14)4-9;1-2/h3-5,7-8,15-16H,6H2,1-2H3;1-2H3/t7-,8+,12-;/m1./s1. The number of hydrogen-bond acceptors (Lipinski definition) is 3. The molecule has 3 nitrogen and oxygen atoms in total. The molecule has 3 atom stereocenters. The van der Waals surface area contributed by atoms with Crippen LogP contribution in [0.4, 0.5) is 8.78 Å². The third kappa shape index (κ3) is 3.49. The summed E-state index contributed by atoms with van der Waals surface area (Å²) in [5.41, 5.74) is 0.0851. The van der Waals surface area contributed by atoms with Crippen molar-refractivity contribution in [2.24, 2.45) is 0 Å². The Bertz CT molecular complexity index is 408. The molecule has 1 aliphatic rings. The second-order valence-electron chi connectivity index (χ2n) is 4.45. The van der Waals surface area contributed by atoms with Crippen LogP contribution in [0.2, 0.25) is 0 Å². The SMILES string of the molecule is CC.C[C@@H]1CO[C@@](O)(c2cc(F)cc(F)c2)[C@H](C)N1. The van der Waals surface area contributed by atoms with Crippen molar-refractivity contribution in [3.63, 3.8) is 0 Å². The van der Waals surface area contributed by atoms with Gasteiger partial charge in [0.2, 0.25) is 5.79 Å². The molecule has 1 aromatic rings. The number of hydrogen-bond donors (Lipinski definition) is 2. The molecule has 0 aromatic heterocycles. The highest BCUT2D eigenvalue weighted by Gasteiger charge is 2.41. The lowest BCUT2D eigenvalue weighted by atomic mass is 9.96. The van der Waals surface area contributed by atoms with Crippen molar-refractivity contribution < 1.29 is 18.6 Å². The molecule has 1 heterocycles. The predicted octanol–water partition coefficient (Wildman–Crippen LogP) is 2.53. The molecule has 0 saturated carbocycles. The van der Waals surface area contributed by atoms with Gasteiger partial charge >= 0.3 is 0 Å². The van der Waals surface area contributed by atoms with E-state index in [1.54, 1.807) is 6.92 Å². The molecule has 0 spiro atoms. The van der Waals surface area contributed by atoms with E-state index in [-0.39, 0.29) is 18.2 Å². The van der Waals surface area contributed by atoms with Crippen LogP contribution in [0.25, 0.3) is 0 Å². The first-order chi connectivity index (χ1) is 8.91. The molecule has 2 rings (SSSR count). The van der Waals surface area contributed by atoms with Gasteiger partial charge in [0.1, 0.15) is 11.6 Å². The Hall–Kier alpha value is -1.04. The third-order valence-corrected chi connectivity index (χ3v) is 2.95. The Kier molecular flexibility index (Phi) is 5.40. The van der Waals surface area contributed by atoms with Crippen molar-refractivity contribution in [2.75, 3.05) is 6.61 Å². The van der Waals surface area contributed by atoms with Gasteiger partial charge in [-0.25, -0.2) is 8.78 Å². The van der Waals surface area contributed by atoms with Gasteiger partial charge in [-0.2, -0.15) is 0 Å². The van der Waals surface area contributed by atoms with Crippen LogP contribution in [-0.2, 0) is 10.5 Å². The van der Waals surface area contributed by atoms with E-state index in [1.807, 2.05) is 20.8 Å². The van der Waals surface area contributed by atoms with Gasteiger partial charge in [-0.15, -0.1) is 0 Å². The van der Waals surface area contributed by atoms with Crippen molar-refractivity contribution in [1.82, 2.24) is 5.32 Å². The van der Waals surface area contributed by atoms with Gasteiger partial charge in [0, 0.05) is 17.7 Å². The number of rotatable bonds is 1. The number of halogens is 2. The summed E-state index contributed by atoms with van der Waals surface area (Å²) in [4.78, 5) is 0. The van der Waals surface area contributed by atoms with E-state index in [0.717, 1.165) is 18.2 Å². The summed E-state index contributed by atoms with van der Waals surface area (Å²) in [6.07, 6.45) is 0. The second kappa shape index (κ2) is 6.41. The van der Waals surface area contributed by atoms with Gasteiger partial charge in [0.05, 0.1) is 12.6 Å². The minimum Gasteiger partial charge on any atom is -0.361 e. The van der Waals surface area contributed by atoms with Crippen LogP contribution >= 0.6 is 0 Å². The summed E-state index contributed by atoms with van der Waals surface area (Å²) in [5.74, 6) is -3.17. The van der Waals surface area contributed by atoms with Crippen LogP contribution in [0.1, 0.15) is 33.3 Å². The summed E-state index contributed by atoms with van der Waals surface area (Å²) in [6.45, 7) is 7.89. The molecule has 1 aromatic carbocycles. The third-order valence-electron chi connectivity index (χ3n) is 2.95. The summed E-state index contributed by atoms with van der Waals surface area (Å²) in [6, 6.07) is 2.56. The summed E-state index contributed by atoms with van der Waals surface area (Å²) >= 11 is 0. The van der Waals surface area contributed by atoms with Crippen LogP contribution in [0, 0.1) is 11.6 Å². The van der Waals surface area contributed by atoms with E-state index < -0.39 is 23.5 Å². The zero-order valence-electron chi connectivity index (χ0n) is 11.7. The van der Waals surface area contributed by atoms with E-state index in [9.17, 15) is 13.9 Å². The fourth-order valence-electron chi connectivity index (χ4n) is 2.06. The highest BCUT2D eigenvalue weighted by atomic mass is 19.1. The molecule has 0 aliphatic carbocycles. The Morgan fingerprint density at radius 1 is 1.21 bits per heavy atom. The van der Waals surface area contributed by atoms with E-state index in [1.165, 1.54) is 0 Å². The molecule has 108 valence electrons. The number of ether oxygens (including phenoxy) is 1. The molecule has 0 bridgehead atoms. The van der Waals surface area contributed by atoms with Crippen LogP contribution in [0.5, 0.6) is 0 Å². The first kappa shape index (κ1) is 16.0. The minimum absolute atomic E-state index is 0.0851. The van der Waals surface area contributed by atoms with Crippen molar-refractivity contribution >= 4 is 0 Å². The minimum atomic E-state index is -1.70. The topological polar surface area (TPSA) is 41.5 Å². The number of morpholine rings is 1. The van der Waals surface area contributed by atoms with Crippen LogP contribution in [0.15, 0.2) is 18.2 Å². The first-order valence-electron chi connectivity index (χ1n) is 6.51. The van der Waals surface area contributed by atoms with Crippen LogP contribution in [-0.4, -0.2) is 23.8 Å². The zero-order valence-corrected chi connectivity index (χ0v) is 11.7. The number of aliphatic hydroxyl groups is 1. The summed E-state index contributed by atoms with van der Waals surface area (Å²) < 4.78 is 31.6. The molecule has 2 N–H and O–H groups in total. The van der Waals surface area contributed by atoms with Gasteiger partial charge in [-0.1, -0.05) is 13.8 Å². The highest BCUT2D eigenvalue weighted by Crippen LogP contribution is 2.30. The Balaban J connectivity index is 0.000000861. The molecule has 5 heteroatoms. The maximum absolute atomic E-state index is 13.1. The highest BCUT2D eigenvalue weighted by molar-refractivity contribution is 5.24. The van der Waals surface area contributed by atoms with Crippen LogP contribution in [0.3, 0.4) is 0 Å². The van der Waals surface area contributed by atoms with Crippen LogP contribution < -0.4 is 5.32 Å². The van der Waals surface area contributed by atoms with Crippen molar-refractivity contribution in [1.29, 1.82) is 0 Å². The lowest BCUT2D eigenvalue weighted by molar-refractivity contribution is -0.253. The molecular formula is C14H21F2NO2. The molecule has 0 unspecified atom stereocenters. The Morgan fingerprint density at radius 2 is 1.74 bits per heavy atom. The lowest BCUT2D eigenvalue weighted by Gasteiger charge is -2.41. The smallest absolute Gasteiger partial charge is 0.208 e.